The normalized spacial score (nSPS) is 18.6. The molecule has 6 nitrogen and oxygen atoms in total. The van der Waals surface area contributed by atoms with E-state index < -0.39 is 0 Å². The lowest BCUT2D eigenvalue weighted by molar-refractivity contribution is 0.0696. The van der Waals surface area contributed by atoms with Crippen LogP contribution in [0.5, 0.6) is 0 Å². The second kappa shape index (κ2) is 8.91. The van der Waals surface area contributed by atoms with Crippen LogP contribution in [0.15, 0.2) is 36.5 Å². The molecule has 0 unspecified atom stereocenters. The van der Waals surface area contributed by atoms with E-state index in [9.17, 15) is 4.79 Å². The fraction of sp³-hybridized carbons (Fsp3) is 0.522. The summed E-state index contributed by atoms with van der Waals surface area (Å²) in [6, 6.07) is 10.3. The summed E-state index contributed by atoms with van der Waals surface area (Å²) < 4.78 is 0. The molecule has 1 aliphatic carbocycles. The van der Waals surface area contributed by atoms with Gasteiger partial charge < -0.3 is 14.7 Å². The number of carbonyl (C=O) groups excluding carboxylic acids is 1. The summed E-state index contributed by atoms with van der Waals surface area (Å²) in [6.45, 7) is 3.68. The minimum atomic E-state index is 0.0467. The van der Waals surface area contributed by atoms with Crippen LogP contribution in [0, 0.1) is 0 Å². The molecule has 154 valence electrons. The van der Waals surface area contributed by atoms with Crippen molar-refractivity contribution >= 4 is 11.7 Å². The van der Waals surface area contributed by atoms with Gasteiger partial charge in [-0.3, -0.25) is 4.79 Å². The number of hydrogen-bond acceptors (Lipinski definition) is 5. The Bertz CT molecular complexity index is 826. The van der Waals surface area contributed by atoms with Crippen molar-refractivity contribution < 1.29 is 4.79 Å². The van der Waals surface area contributed by atoms with Gasteiger partial charge in [0.15, 0.2) is 5.82 Å². The highest BCUT2D eigenvalue weighted by atomic mass is 16.2. The molecule has 1 aromatic carbocycles. The van der Waals surface area contributed by atoms with E-state index in [4.69, 9.17) is 4.98 Å². The number of nitrogens with zero attached hydrogens (tertiary/aromatic N) is 5. The average Bonchev–Trinajstić information content (AvgIpc) is 2.79. The summed E-state index contributed by atoms with van der Waals surface area (Å²) in [5.74, 6) is 1.50. The first-order valence-corrected chi connectivity index (χ1v) is 10.8. The van der Waals surface area contributed by atoms with Crippen LogP contribution in [0.1, 0.15) is 42.5 Å². The first-order chi connectivity index (χ1) is 14.1. The Morgan fingerprint density at radius 2 is 1.72 bits per heavy atom. The van der Waals surface area contributed by atoms with Gasteiger partial charge in [-0.1, -0.05) is 49.6 Å². The van der Waals surface area contributed by atoms with Crippen molar-refractivity contribution in [3.8, 4) is 11.4 Å². The number of piperazine rings is 1. The maximum atomic E-state index is 13.4. The van der Waals surface area contributed by atoms with Gasteiger partial charge in [-0.25, -0.2) is 9.97 Å². The number of aromatic nitrogens is 2. The van der Waals surface area contributed by atoms with Crippen molar-refractivity contribution in [2.24, 2.45) is 0 Å². The van der Waals surface area contributed by atoms with E-state index in [1.165, 1.54) is 19.3 Å². The Hall–Kier alpha value is -2.47. The summed E-state index contributed by atoms with van der Waals surface area (Å²) in [6.07, 6.45) is 7.61. The fourth-order valence-corrected chi connectivity index (χ4v) is 4.33. The SMILES string of the molecule is CN1CCN(c2nc(-c3ccccc3)ncc2C(=O)N(C)C2CCCCC2)CC1. The Balaban J connectivity index is 1.67. The van der Waals surface area contributed by atoms with Gasteiger partial charge in [-0.2, -0.15) is 0 Å². The number of hydrogen-bond donors (Lipinski definition) is 0. The lowest BCUT2D eigenvalue weighted by Crippen LogP contribution is -2.46. The molecule has 1 aliphatic heterocycles. The molecule has 0 spiro atoms. The van der Waals surface area contributed by atoms with Crippen LogP contribution in [0.25, 0.3) is 11.4 Å². The van der Waals surface area contributed by atoms with Crippen molar-refractivity contribution in [2.45, 2.75) is 38.1 Å². The molecule has 2 aliphatic rings. The zero-order valence-corrected chi connectivity index (χ0v) is 17.5. The number of anilines is 1. The standard InChI is InChI=1S/C23H31N5O/c1-26-13-15-28(16-14-26)22-20(23(29)27(2)19-11-7-4-8-12-19)17-24-21(25-22)18-9-5-3-6-10-18/h3,5-6,9-10,17,19H,4,7-8,11-16H2,1-2H3. The van der Waals surface area contributed by atoms with E-state index in [1.54, 1.807) is 6.20 Å². The first-order valence-electron chi connectivity index (χ1n) is 10.8. The summed E-state index contributed by atoms with van der Waals surface area (Å²) in [5.41, 5.74) is 1.60. The first kappa shape index (κ1) is 19.8. The molecule has 1 aromatic heterocycles. The van der Waals surface area contributed by atoms with Crippen LogP contribution in [0.2, 0.25) is 0 Å². The fourth-order valence-electron chi connectivity index (χ4n) is 4.33. The highest BCUT2D eigenvalue weighted by Gasteiger charge is 2.28. The van der Waals surface area contributed by atoms with Gasteiger partial charge in [-0.05, 0) is 19.9 Å². The zero-order valence-electron chi connectivity index (χ0n) is 17.5. The Morgan fingerprint density at radius 1 is 1.03 bits per heavy atom. The summed E-state index contributed by atoms with van der Waals surface area (Å²) in [4.78, 5) is 29.4. The second-order valence-corrected chi connectivity index (χ2v) is 8.30. The van der Waals surface area contributed by atoms with Gasteiger partial charge in [0, 0.05) is 51.0 Å². The Morgan fingerprint density at radius 3 is 2.41 bits per heavy atom. The smallest absolute Gasteiger partial charge is 0.259 e. The molecule has 0 N–H and O–H groups in total. The zero-order chi connectivity index (χ0) is 20.2. The minimum Gasteiger partial charge on any atom is -0.353 e. The molecule has 1 saturated heterocycles. The molecule has 1 amide bonds. The predicted octanol–water partition coefficient (Wildman–Crippen LogP) is 3.30. The van der Waals surface area contributed by atoms with E-state index in [2.05, 4.69) is 21.8 Å². The van der Waals surface area contributed by atoms with Gasteiger partial charge in [-0.15, -0.1) is 0 Å². The lowest BCUT2D eigenvalue weighted by atomic mass is 9.94. The lowest BCUT2D eigenvalue weighted by Gasteiger charge is -2.35. The number of rotatable bonds is 4. The number of amides is 1. The van der Waals surface area contributed by atoms with Gasteiger partial charge >= 0.3 is 0 Å². The highest BCUT2D eigenvalue weighted by molar-refractivity contribution is 5.99. The topological polar surface area (TPSA) is 52.6 Å². The van der Waals surface area contributed by atoms with E-state index in [0.717, 1.165) is 50.4 Å². The van der Waals surface area contributed by atoms with Crippen LogP contribution in [-0.4, -0.2) is 72.0 Å². The third-order valence-electron chi connectivity index (χ3n) is 6.28. The van der Waals surface area contributed by atoms with Crippen molar-refractivity contribution in [1.29, 1.82) is 0 Å². The van der Waals surface area contributed by atoms with Crippen LogP contribution < -0.4 is 4.90 Å². The van der Waals surface area contributed by atoms with Gasteiger partial charge in [0.25, 0.3) is 5.91 Å². The number of likely N-dealkylation sites (N-methyl/N-ethyl adjacent to an activating group) is 1. The average molecular weight is 394 g/mol. The van der Waals surface area contributed by atoms with Gasteiger partial charge in [0.05, 0.1) is 0 Å². The van der Waals surface area contributed by atoms with Crippen LogP contribution in [-0.2, 0) is 0 Å². The van der Waals surface area contributed by atoms with Crippen molar-refractivity contribution in [1.82, 2.24) is 19.8 Å². The monoisotopic (exact) mass is 393 g/mol. The molecule has 6 heteroatoms. The van der Waals surface area contributed by atoms with E-state index in [-0.39, 0.29) is 5.91 Å². The second-order valence-electron chi connectivity index (χ2n) is 8.30. The van der Waals surface area contributed by atoms with Crippen molar-refractivity contribution in [2.75, 3.05) is 45.2 Å². The maximum absolute atomic E-state index is 13.4. The molecule has 29 heavy (non-hydrogen) atoms. The largest absolute Gasteiger partial charge is 0.353 e. The predicted molar refractivity (Wildman–Crippen MR) is 116 cm³/mol. The highest BCUT2D eigenvalue weighted by Crippen LogP contribution is 2.27. The molecule has 1 saturated carbocycles. The van der Waals surface area contributed by atoms with Crippen LogP contribution in [0.3, 0.4) is 0 Å². The number of benzene rings is 1. The van der Waals surface area contributed by atoms with Gasteiger partial charge in [0.1, 0.15) is 11.4 Å². The summed E-state index contributed by atoms with van der Waals surface area (Å²) in [5, 5.41) is 0. The molecule has 2 fully saturated rings. The Labute approximate surface area is 173 Å². The molecule has 2 aromatic rings. The summed E-state index contributed by atoms with van der Waals surface area (Å²) in [7, 11) is 4.08. The molecular formula is C23H31N5O. The molecule has 0 atom stereocenters. The van der Waals surface area contributed by atoms with E-state index >= 15 is 0 Å². The quantitative estimate of drug-likeness (QED) is 0.798. The maximum Gasteiger partial charge on any atom is 0.259 e. The Kier molecular flexibility index (Phi) is 6.09. The minimum absolute atomic E-state index is 0.0467. The molecule has 0 radical (unpaired) electrons. The van der Waals surface area contributed by atoms with Crippen molar-refractivity contribution in [3.63, 3.8) is 0 Å². The molecule has 2 heterocycles. The van der Waals surface area contributed by atoms with E-state index in [0.29, 0.717) is 17.4 Å². The number of carbonyl (C=O) groups is 1. The molecule has 0 bridgehead atoms. The third-order valence-corrected chi connectivity index (χ3v) is 6.28. The van der Waals surface area contributed by atoms with Gasteiger partial charge in [0.2, 0.25) is 0 Å². The van der Waals surface area contributed by atoms with Crippen LogP contribution >= 0.6 is 0 Å². The van der Waals surface area contributed by atoms with Crippen molar-refractivity contribution in [3.05, 3.63) is 42.1 Å². The molecule has 4 rings (SSSR count). The van der Waals surface area contributed by atoms with E-state index in [1.807, 2.05) is 42.3 Å². The third kappa shape index (κ3) is 4.42. The summed E-state index contributed by atoms with van der Waals surface area (Å²) >= 11 is 0. The van der Waals surface area contributed by atoms with Crippen LogP contribution in [0.4, 0.5) is 5.82 Å². The molecular weight excluding hydrogens is 362 g/mol.